The molecule has 0 bridgehead atoms. The van der Waals surface area contributed by atoms with Crippen molar-refractivity contribution in [2.24, 2.45) is 23.3 Å². The molecule has 2 aliphatic rings. The van der Waals surface area contributed by atoms with Gasteiger partial charge in [-0.2, -0.15) is 0 Å². The molecule has 0 saturated heterocycles. The molecule has 0 spiro atoms. The molecule has 2 fully saturated rings. The molecule has 0 radical (unpaired) electrons. The number of thiophene rings is 1. The van der Waals surface area contributed by atoms with Gasteiger partial charge in [0.15, 0.2) is 0 Å². The summed E-state index contributed by atoms with van der Waals surface area (Å²) in [7, 11) is 0. The molecule has 6 nitrogen and oxygen atoms in total. The van der Waals surface area contributed by atoms with Crippen LogP contribution in [0.4, 0.5) is 10.7 Å². The summed E-state index contributed by atoms with van der Waals surface area (Å²) in [4.78, 5) is 23.1. The third-order valence-electron chi connectivity index (χ3n) is 3.97. The molecule has 1 aromatic heterocycles. The zero-order valence-corrected chi connectivity index (χ0v) is 11.8. The molecule has 0 aliphatic heterocycles. The van der Waals surface area contributed by atoms with Crippen LogP contribution >= 0.6 is 11.3 Å². The van der Waals surface area contributed by atoms with Crippen LogP contribution in [-0.2, 0) is 0 Å². The Morgan fingerprint density at radius 3 is 2.05 bits per heavy atom. The van der Waals surface area contributed by atoms with Crippen LogP contribution in [-0.4, -0.2) is 17.9 Å². The van der Waals surface area contributed by atoms with E-state index in [2.05, 4.69) is 5.32 Å². The van der Waals surface area contributed by atoms with Crippen LogP contribution in [0.25, 0.3) is 0 Å². The number of rotatable bonds is 6. The summed E-state index contributed by atoms with van der Waals surface area (Å²) in [5, 5.41) is 3.99. The number of carbonyl (C=O) groups is 2. The Hall–Kier alpha value is -1.76. The maximum atomic E-state index is 11.6. The minimum Gasteiger partial charge on any atom is -0.397 e. The van der Waals surface area contributed by atoms with Gasteiger partial charge in [-0.25, -0.2) is 0 Å². The number of anilines is 2. The van der Waals surface area contributed by atoms with E-state index in [0.717, 1.165) is 11.3 Å². The van der Waals surface area contributed by atoms with Crippen LogP contribution in [0.5, 0.6) is 0 Å². The SMILES string of the molecule is NC(=O)c1sc(NC(C2CC2)C2CC2)c(C(N)=O)c1N. The lowest BCUT2D eigenvalue weighted by molar-refractivity contribution is 0.0999. The normalized spacial score (nSPS) is 18.2. The summed E-state index contributed by atoms with van der Waals surface area (Å²) in [6, 6.07) is 0.354. The second-order valence-electron chi connectivity index (χ2n) is 5.62. The highest BCUT2D eigenvalue weighted by molar-refractivity contribution is 7.19. The van der Waals surface area contributed by atoms with Crippen LogP contribution in [0, 0.1) is 11.8 Å². The molecule has 0 aromatic carbocycles. The van der Waals surface area contributed by atoms with Crippen LogP contribution < -0.4 is 22.5 Å². The Labute approximate surface area is 120 Å². The van der Waals surface area contributed by atoms with Gasteiger partial charge in [0.1, 0.15) is 9.88 Å². The number of hydrogen-bond acceptors (Lipinski definition) is 5. The van der Waals surface area contributed by atoms with E-state index >= 15 is 0 Å². The van der Waals surface area contributed by atoms with Crippen LogP contribution in [0.15, 0.2) is 0 Å². The smallest absolute Gasteiger partial charge is 0.260 e. The molecular weight excluding hydrogens is 276 g/mol. The third kappa shape index (κ3) is 2.33. The van der Waals surface area contributed by atoms with Crippen molar-refractivity contribution >= 4 is 33.8 Å². The van der Waals surface area contributed by atoms with Crippen molar-refractivity contribution in [2.45, 2.75) is 31.7 Å². The van der Waals surface area contributed by atoms with Crippen LogP contribution in [0.1, 0.15) is 45.7 Å². The number of amides is 2. The fourth-order valence-electron chi connectivity index (χ4n) is 2.66. The first-order chi connectivity index (χ1) is 9.49. The van der Waals surface area contributed by atoms with Gasteiger partial charge in [0.25, 0.3) is 11.8 Å². The number of primary amides is 2. The molecule has 2 aliphatic carbocycles. The lowest BCUT2D eigenvalue weighted by Gasteiger charge is -2.18. The third-order valence-corrected chi connectivity index (χ3v) is 5.12. The molecule has 7 N–H and O–H groups in total. The number of nitrogens with one attached hydrogen (secondary N) is 1. The van der Waals surface area contributed by atoms with E-state index in [4.69, 9.17) is 17.2 Å². The number of nitrogen functional groups attached to an aromatic ring is 1. The zero-order valence-electron chi connectivity index (χ0n) is 11.0. The molecule has 7 heteroatoms. The first kappa shape index (κ1) is 13.2. The monoisotopic (exact) mass is 294 g/mol. The molecular formula is C13H18N4O2S. The minimum absolute atomic E-state index is 0.0999. The molecule has 2 saturated carbocycles. The lowest BCUT2D eigenvalue weighted by atomic mass is 10.1. The van der Waals surface area contributed by atoms with Gasteiger partial charge in [-0.05, 0) is 37.5 Å². The van der Waals surface area contributed by atoms with Crippen LogP contribution in [0.3, 0.4) is 0 Å². The van der Waals surface area contributed by atoms with Gasteiger partial charge < -0.3 is 22.5 Å². The predicted molar refractivity (Wildman–Crippen MR) is 78.6 cm³/mol. The highest BCUT2D eigenvalue weighted by Gasteiger charge is 2.42. The number of hydrogen-bond donors (Lipinski definition) is 4. The summed E-state index contributed by atoms with van der Waals surface area (Å²) >= 11 is 1.13. The van der Waals surface area contributed by atoms with E-state index in [1.165, 1.54) is 25.7 Å². The second-order valence-corrected chi connectivity index (χ2v) is 6.64. The van der Waals surface area contributed by atoms with E-state index in [-0.39, 0.29) is 16.1 Å². The standard InChI is InChI=1S/C13H18N4O2S/c14-8-7(11(15)18)13(20-10(8)12(16)19)17-9(5-1-2-5)6-3-4-6/h5-6,9,17H,1-4,14H2,(H2,15,18)(H2,16,19). The molecule has 1 heterocycles. The summed E-state index contributed by atoms with van der Waals surface area (Å²) in [6.07, 6.45) is 4.85. The first-order valence-electron chi connectivity index (χ1n) is 6.77. The Morgan fingerprint density at radius 2 is 1.65 bits per heavy atom. The van der Waals surface area contributed by atoms with Crippen molar-refractivity contribution in [3.63, 3.8) is 0 Å². The fourth-order valence-corrected chi connectivity index (χ4v) is 3.68. The summed E-state index contributed by atoms with van der Waals surface area (Å²) in [6.45, 7) is 0. The average molecular weight is 294 g/mol. The Bertz CT molecular complexity index is 563. The van der Waals surface area contributed by atoms with Crippen molar-refractivity contribution in [2.75, 3.05) is 11.1 Å². The van der Waals surface area contributed by atoms with Gasteiger partial charge in [-0.15, -0.1) is 11.3 Å². The van der Waals surface area contributed by atoms with E-state index in [0.29, 0.717) is 22.9 Å². The predicted octanol–water partition coefficient (Wildman–Crippen LogP) is 1.13. The van der Waals surface area contributed by atoms with Gasteiger partial charge in [-0.3, -0.25) is 9.59 Å². The number of carbonyl (C=O) groups excluding carboxylic acids is 2. The van der Waals surface area contributed by atoms with E-state index in [1.54, 1.807) is 0 Å². The van der Waals surface area contributed by atoms with Crippen molar-refractivity contribution < 1.29 is 9.59 Å². The topological polar surface area (TPSA) is 124 Å². The molecule has 0 atom stereocenters. The maximum absolute atomic E-state index is 11.6. The Balaban J connectivity index is 1.92. The van der Waals surface area contributed by atoms with Gasteiger partial charge in [0, 0.05) is 6.04 Å². The van der Waals surface area contributed by atoms with Gasteiger partial charge in [0.2, 0.25) is 0 Å². The Kier molecular flexibility index (Phi) is 3.08. The largest absolute Gasteiger partial charge is 0.397 e. The minimum atomic E-state index is -0.627. The number of nitrogens with two attached hydrogens (primary N) is 3. The quantitative estimate of drug-likeness (QED) is 0.627. The Morgan fingerprint density at radius 1 is 1.10 bits per heavy atom. The second kappa shape index (κ2) is 4.66. The summed E-state index contributed by atoms with van der Waals surface area (Å²) < 4.78 is 0. The molecule has 20 heavy (non-hydrogen) atoms. The maximum Gasteiger partial charge on any atom is 0.260 e. The summed E-state index contributed by atoms with van der Waals surface area (Å²) in [5.41, 5.74) is 16.8. The molecule has 1 aromatic rings. The summed E-state index contributed by atoms with van der Waals surface area (Å²) in [5.74, 6) is 0.0590. The van der Waals surface area contributed by atoms with Gasteiger partial charge in [0.05, 0.1) is 11.3 Å². The molecule has 3 rings (SSSR count). The highest BCUT2D eigenvalue weighted by Crippen LogP contribution is 2.47. The zero-order chi connectivity index (χ0) is 14.4. The van der Waals surface area contributed by atoms with Crippen LogP contribution in [0.2, 0.25) is 0 Å². The van der Waals surface area contributed by atoms with E-state index in [9.17, 15) is 9.59 Å². The molecule has 2 amide bonds. The van der Waals surface area contributed by atoms with Crippen molar-refractivity contribution in [1.82, 2.24) is 0 Å². The highest BCUT2D eigenvalue weighted by atomic mass is 32.1. The van der Waals surface area contributed by atoms with Crippen molar-refractivity contribution in [3.05, 3.63) is 10.4 Å². The van der Waals surface area contributed by atoms with Gasteiger partial charge in [-0.1, -0.05) is 0 Å². The fraction of sp³-hybridized carbons (Fsp3) is 0.538. The molecule has 0 unspecified atom stereocenters. The van der Waals surface area contributed by atoms with E-state index < -0.39 is 11.8 Å². The van der Waals surface area contributed by atoms with Gasteiger partial charge >= 0.3 is 0 Å². The van der Waals surface area contributed by atoms with Crippen molar-refractivity contribution in [3.8, 4) is 0 Å². The molecule has 108 valence electrons. The van der Waals surface area contributed by atoms with Crippen molar-refractivity contribution in [1.29, 1.82) is 0 Å². The lowest BCUT2D eigenvalue weighted by Crippen LogP contribution is -2.25. The van der Waals surface area contributed by atoms with E-state index in [1.807, 2.05) is 0 Å². The first-order valence-corrected chi connectivity index (χ1v) is 7.59. The average Bonchev–Trinajstić information content (AvgIpc) is 3.23.